The Labute approximate surface area is 91.8 Å². The second-order valence-corrected chi connectivity index (χ2v) is 3.02. The van der Waals surface area contributed by atoms with E-state index in [0.29, 0.717) is 13.2 Å². The lowest BCUT2D eigenvalue weighted by Gasteiger charge is -2.10. The Balaban J connectivity index is 0. The third kappa shape index (κ3) is 11.9. The molecule has 0 bridgehead atoms. The maximum absolute atomic E-state index is 5.12. The van der Waals surface area contributed by atoms with Crippen LogP contribution in [0.25, 0.3) is 0 Å². The minimum atomic E-state index is 0. The molecule has 5 heteroatoms. The quantitative estimate of drug-likeness (QED) is 0.527. The van der Waals surface area contributed by atoms with E-state index in [4.69, 9.17) is 21.7 Å². The van der Waals surface area contributed by atoms with E-state index in [9.17, 15) is 0 Å². The van der Waals surface area contributed by atoms with Crippen molar-refractivity contribution in [2.24, 2.45) is 0 Å². The molecule has 0 aromatic carbocycles. The molecule has 0 aliphatic rings. The Kier molecular flexibility index (Phi) is 11.9. The summed E-state index contributed by atoms with van der Waals surface area (Å²) in [5, 5.41) is 0.260. The fourth-order valence-corrected chi connectivity index (χ4v) is 0.897. The highest BCUT2D eigenvalue weighted by Crippen LogP contribution is 1.89. The molecule has 0 saturated carbocycles. The Bertz CT molecular complexity index is 133. The van der Waals surface area contributed by atoms with Gasteiger partial charge in [-0.25, -0.2) is 0 Å². The highest BCUT2D eigenvalue weighted by atomic mass is 35.5. The van der Waals surface area contributed by atoms with Crippen molar-refractivity contribution in [3.63, 3.8) is 0 Å². The Morgan fingerprint density at radius 3 is 2.38 bits per heavy atom. The van der Waals surface area contributed by atoms with E-state index in [1.807, 2.05) is 21.0 Å². The number of thiocarbonyl (C=S) groups is 1. The largest absolute Gasteiger partial charge is 0.457 e. The van der Waals surface area contributed by atoms with E-state index in [-0.39, 0.29) is 17.6 Å². The third-order valence-electron chi connectivity index (χ3n) is 1.23. The lowest BCUT2D eigenvalue weighted by atomic mass is 10.4. The average molecular weight is 228 g/mol. The van der Waals surface area contributed by atoms with Crippen molar-refractivity contribution in [2.75, 3.05) is 33.9 Å². The van der Waals surface area contributed by atoms with Gasteiger partial charge in [-0.15, -0.1) is 12.4 Å². The normalized spacial score (nSPS) is 9.23. The zero-order valence-corrected chi connectivity index (χ0v) is 10.0. The molecule has 0 amide bonds. The summed E-state index contributed by atoms with van der Waals surface area (Å²) in [6.07, 6.45) is 0.972. The summed E-state index contributed by atoms with van der Waals surface area (Å²) >= 11 is 4.77. The smallest absolute Gasteiger partial charge is 0.352 e. The number of nitrogens with zero attached hydrogens (tertiary/aromatic N) is 1. The fourth-order valence-electron chi connectivity index (χ4n) is 0.696. The van der Waals surface area contributed by atoms with Gasteiger partial charge < -0.3 is 14.4 Å². The number of hydrogen-bond donors (Lipinski definition) is 0. The van der Waals surface area contributed by atoms with Gasteiger partial charge in [-0.05, 0) is 27.4 Å². The summed E-state index contributed by atoms with van der Waals surface area (Å²) in [5.74, 6) is 0. The first-order chi connectivity index (χ1) is 5.66. The third-order valence-corrected chi connectivity index (χ3v) is 1.47. The first kappa shape index (κ1) is 15.4. The van der Waals surface area contributed by atoms with Gasteiger partial charge in [0.25, 0.3) is 0 Å². The van der Waals surface area contributed by atoms with Gasteiger partial charge in [0, 0.05) is 18.8 Å². The molecular formula is C8H18ClNO2S. The van der Waals surface area contributed by atoms with Gasteiger partial charge in [0.05, 0.1) is 13.2 Å². The second-order valence-electron chi connectivity index (χ2n) is 2.69. The van der Waals surface area contributed by atoms with E-state index in [1.54, 1.807) is 0 Å². The van der Waals surface area contributed by atoms with Crippen molar-refractivity contribution < 1.29 is 9.47 Å². The molecule has 0 aliphatic carbocycles. The van der Waals surface area contributed by atoms with Crippen molar-refractivity contribution in [3.05, 3.63) is 0 Å². The molecule has 3 nitrogen and oxygen atoms in total. The minimum Gasteiger partial charge on any atom is -0.457 e. The monoisotopic (exact) mass is 227 g/mol. The molecule has 0 radical (unpaired) electrons. The lowest BCUT2D eigenvalue weighted by molar-refractivity contribution is 0.177. The van der Waals surface area contributed by atoms with Crippen LogP contribution in [0, 0.1) is 0 Å². The van der Waals surface area contributed by atoms with Crippen LogP contribution in [-0.2, 0) is 9.47 Å². The van der Waals surface area contributed by atoms with Crippen molar-refractivity contribution in [2.45, 2.75) is 13.3 Å². The van der Waals surface area contributed by atoms with Gasteiger partial charge >= 0.3 is 5.24 Å². The number of rotatable bonds is 5. The molecule has 0 saturated heterocycles. The van der Waals surface area contributed by atoms with Crippen LogP contribution in [0.2, 0.25) is 0 Å². The first-order valence-electron chi connectivity index (χ1n) is 4.11. The summed E-state index contributed by atoms with van der Waals surface area (Å²) in [4.78, 5) is 2.10. The van der Waals surface area contributed by atoms with Gasteiger partial charge in [0.15, 0.2) is 0 Å². The fraction of sp³-hybridized carbons (Fsp3) is 0.875. The molecule has 0 aliphatic heterocycles. The van der Waals surface area contributed by atoms with Crippen LogP contribution in [0.4, 0.5) is 0 Å². The molecule has 0 heterocycles. The SMILES string of the molecule is CCOC(=S)OCCCN(C)C.Cl. The van der Waals surface area contributed by atoms with Crippen molar-refractivity contribution in [1.82, 2.24) is 4.90 Å². The highest BCUT2D eigenvalue weighted by Gasteiger charge is 1.96. The van der Waals surface area contributed by atoms with E-state index >= 15 is 0 Å². The molecule has 0 aromatic heterocycles. The number of halogens is 1. The minimum absolute atomic E-state index is 0. The van der Waals surface area contributed by atoms with E-state index in [0.717, 1.165) is 13.0 Å². The van der Waals surface area contributed by atoms with E-state index < -0.39 is 0 Å². The van der Waals surface area contributed by atoms with Crippen molar-refractivity contribution >= 4 is 29.9 Å². The van der Waals surface area contributed by atoms with Gasteiger partial charge in [0.2, 0.25) is 0 Å². The molecule has 0 fully saturated rings. The molecule has 0 N–H and O–H groups in total. The molecular weight excluding hydrogens is 210 g/mol. The summed E-state index contributed by atoms with van der Waals surface area (Å²) in [7, 11) is 4.06. The van der Waals surface area contributed by atoms with E-state index in [1.165, 1.54) is 0 Å². The van der Waals surface area contributed by atoms with Crippen LogP contribution in [-0.4, -0.2) is 44.0 Å². The predicted molar refractivity (Wildman–Crippen MR) is 60.6 cm³/mol. The van der Waals surface area contributed by atoms with Crippen LogP contribution < -0.4 is 0 Å². The number of hydrogen-bond acceptors (Lipinski definition) is 4. The summed E-state index contributed by atoms with van der Waals surface area (Å²) in [6, 6.07) is 0. The lowest BCUT2D eigenvalue weighted by Crippen LogP contribution is -2.16. The van der Waals surface area contributed by atoms with Crippen LogP contribution in [0.15, 0.2) is 0 Å². The van der Waals surface area contributed by atoms with Crippen LogP contribution in [0.5, 0.6) is 0 Å². The molecule has 80 valence electrons. The maximum atomic E-state index is 5.12. The highest BCUT2D eigenvalue weighted by molar-refractivity contribution is 7.79. The summed E-state index contributed by atoms with van der Waals surface area (Å²) < 4.78 is 10.1. The van der Waals surface area contributed by atoms with Crippen molar-refractivity contribution in [1.29, 1.82) is 0 Å². The Morgan fingerprint density at radius 1 is 1.31 bits per heavy atom. The first-order valence-corrected chi connectivity index (χ1v) is 4.52. The zero-order chi connectivity index (χ0) is 9.40. The van der Waals surface area contributed by atoms with Crippen LogP contribution in [0.3, 0.4) is 0 Å². The maximum Gasteiger partial charge on any atom is 0.352 e. The van der Waals surface area contributed by atoms with Crippen LogP contribution in [0.1, 0.15) is 13.3 Å². The van der Waals surface area contributed by atoms with Gasteiger partial charge in [-0.1, -0.05) is 0 Å². The standard InChI is InChI=1S/C8H17NO2S.ClH/c1-4-10-8(12)11-7-5-6-9(2)3;/h4-7H2,1-3H3;1H. The topological polar surface area (TPSA) is 21.7 Å². The van der Waals surface area contributed by atoms with Crippen molar-refractivity contribution in [3.8, 4) is 0 Å². The molecule has 0 rings (SSSR count). The summed E-state index contributed by atoms with van der Waals surface area (Å²) in [6.45, 7) is 4.10. The molecule has 0 atom stereocenters. The van der Waals surface area contributed by atoms with Gasteiger partial charge in [-0.3, -0.25) is 0 Å². The zero-order valence-electron chi connectivity index (χ0n) is 8.41. The molecule has 0 aromatic rings. The molecule has 0 unspecified atom stereocenters. The Hall–Kier alpha value is -0.0600. The van der Waals surface area contributed by atoms with Gasteiger partial charge in [0.1, 0.15) is 0 Å². The van der Waals surface area contributed by atoms with Crippen LogP contribution >= 0.6 is 24.6 Å². The summed E-state index contributed by atoms with van der Waals surface area (Å²) in [5.41, 5.74) is 0. The molecule has 13 heavy (non-hydrogen) atoms. The predicted octanol–water partition coefficient (Wildman–Crippen LogP) is 1.70. The second kappa shape index (κ2) is 10.0. The van der Waals surface area contributed by atoms with E-state index in [2.05, 4.69) is 4.90 Å². The number of ether oxygens (including phenoxy) is 2. The van der Waals surface area contributed by atoms with Gasteiger partial charge in [-0.2, -0.15) is 0 Å². The molecule has 0 spiro atoms. The Morgan fingerprint density at radius 2 is 1.92 bits per heavy atom. The average Bonchev–Trinajstić information content (AvgIpc) is 1.98.